The van der Waals surface area contributed by atoms with Crippen LogP contribution in [0, 0.1) is 6.92 Å². The number of aryl methyl sites for hydroxylation is 1. The zero-order valence-corrected chi connectivity index (χ0v) is 13.8. The highest BCUT2D eigenvalue weighted by Crippen LogP contribution is 2.27. The number of carbonyl (C=O) groups is 2. The van der Waals surface area contributed by atoms with Crippen LogP contribution in [0.1, 0.15) is 16.1 Å². The van der Waals surface area contributed by atoms with Gasteiger partial charge in [-0.2, -0.15) is 0 Å². The van der Waals surface area contributed by atoms with Crippen molar-refractivity contribution in [1.82, 2.24) is 10.9 Å². The number of rotatable bonds is 4. The Kier molecular flexibility index (Phi) is 5.46. The molecule has 1 heterocycles. The van der Waals surface area contributed by atoms with Crippen LogP contribution in [0.25, 0.3) is 0 Å². The molecule has 0 saturated heterocycles. The van der Waals surface area contributed by atoms with Gasteiger partial charge in [-0.1, -0.05) is 11.6 Å². The second-order valence-electron chi connectivity index (χ2n) is 4.26. The fourth-order valence-electron chi connectivity index (χ4n) is 1.59. The molecule has 0 aliphatic carbocycles. The summed E-state index contributed by atoms with van der Waals surface area (Å²) in [4.78, 5) is 23.4. The summed E-state index contributed by atoms with van der Waals surface area (Å²) in [7, 11) is 0. The zero-order valence-electron chi connectivity index (χ0n) is 11.5. The molecule has 2 amide bonds. The van der Waals surface area contributed by atoms with Gasteiger partial charge >= 0.3 is 0 Å². The lowest BCUT2D eigenvalue weighted by Crippen LogP contribution is -2.43. The van der Waals surface area contributed by atoms with Crippen molar-refractivity contribution >= 4 is 39.3 Å². The lowest BCUT2D eigenvalue weighted by Gasteiger charge is -2.09. The van der Waals surface area contributed by atoms with Gasteiger partial charge in [0, 0.05) is 5.02 Å². The summed E-state index contributed by atoms with van der Waals surface area (Å²) in [5.74, 6) is -0.0340. The molecule has 0 radical (unpaired) electrons. The zero-order chi connectivity index (χ0) is 16.1. The first-order chi connectivity index (χ1) is 10.5. The van der Waals surface area contributed by atoms with Crippen molar-refractivity contribution in [2.24, 2.45) is 0 Å². The summed E-state index contributed by atoms with van der Waals surface area (Å²) in [6.45, 7) is 1.39. The van der Waals surface area contributed by atoms with Gasteiger partial charge in [-0.15, -0.1) is 0 Å². The monoisotopic (exact) mass is 386 g/mol. The fraction of sp³-hybridized carbons (Fsp3) is 0.143. The molecule has 0 atom stereocenters. The van der Waals surface area contributed by atoms with E-state index >= 15 is 0 Å². The number of nitrogens with one attached hydrogen (secondary N) is 2. The van der Waals surface area contributed by atoms with Crippen LogP contribution < -0.4 is 15.6 Å². The average molecular weight is 388 g/mol. The molecule has 2 N–H and O–H groups in total. The van der Waals surface area contributed by atoms with E-state index < -0.39 is 11.8 Å². The molecule has 0 bridgehead atoms. The van der Waals surface area contributed by atoms with Crippen LogP contribution in [0.2, 0.25) is 5.02 Å². The van der Waals surface area contributed by atoms with E-state index in [4.69, 9.17) is 20.8 Å². The molecule has 0 aliphatic heterocycles. The molecule has 6 nitrogen and oxygen atoms in total. The first kappa shape index (κ1) is 16.4. The van der Waals surface area contributed by atoms with E-state index in [-0.39, 0.29) is 6.61 Å². The quantitative estimate of drug-likeness (QED) is 0.791. The summed E-state index contributed by atoms with van der Waals surface area (Å²) < 4.78 is 10.9. The number of furan rings is 1. The maximum absolute atomic E-state index is 11.7. The van der Waals surface area contributed by atoms with Gasteiger partial charge in [0.1, 0.15) is 11.5 Å². The van der Waals surface area contributed by atoms with Crippen molar-refractivity contribution in [3.8, 4) is 5.75 Å². The molecule has 2 rings (SSSR count). The van der Waals surface area contributed by atoms with E-state index in [1.54, 1.807) is 25.1 Å². The van der Waals surface area contributed by atoms with Crippen LogP contribution in [0.4, 0.5) is 0 Å². The minimum atomic E-state index is -0.503. The molecule has 116 valence electrons. The molecule has 8 heteroatoms. The van der Waals surface area contributed by atoms with Gasteiger partial charge in [-0.05, 0) is 47.1 Å². The molecule has 2 aromatic rings. The first-order valence-electron chi connectivity index (χ1n) is 6.18. The maximum Gasteiger partial charge on any atom is 0.276 e. The van der Waals surface area contributed by atoms with Gasteiger partial charge in [0.05, 0.1) is 16.3 Å². The average Bonchev–Trinajstić information content (AvgIpc) is 2.90. The number of hydrazine groups is 1. The van der Waals surface area contributed by atoms with Gasteiger partial charge in [-0.3, -0.25) is 20.4 Å². The molecule has 0 saturated carbocycles. The second kappa shape index (κ2) is 7.33. The molecule has 0 aliphatic rings. The molecule has 22 heavy (non-hydrogen) atoms. The van der Waals surface area contributed by atoms with Crippen molar-refractivity contribution in [3.63, 3.8) is 0 Å². The Hall–Kier alpha value is -1.99. The Bertz CT molecular complexity index is 702. The van der Waals surface area contributed by atoms with E-state index in [9.17, 15) is 9.59 Å². The first-order valence-corrected chi connectivity index (χ1v) is 7.35. The van der Waals surface area contributed by atoms with E-state index in [2.05, 4.69) is 26.8 Å². The van der Waals surface area contributed by atoms with Crippen LogP contribution in [0.15, 0.2) is 39.4 Å². The van der Waals surface area contributed by atoms with Crippen LogP contribution in [-0.4, -0.2) is 18.4 Å². The van der Waals surface area contributed by atoms with Crippen molar-refractivity contribution in [2.75, 3.05) is 6.61 Å². The second-order valence-corrected chi connectivity index (χ2v) is 5.55. The summed E-state index contributed by atoms with van der Waals surface area (Å²) >= 11 is 9.08. The van der Waals surface area contributed by atoms with Crippen molar-refractivity contribution in [1.29, 1.82) is 0 Å². The topological polar surface area (TPSA) is 80.6 Å². The highest BCUT2D eigenvalue weighted by Gasteiger charge is 2.12. The Morgan fingerprint density at radius 2 is 2.09 bits per heavy atom. The van der Waals surface area contributed by atoms with Crippen LogP contribution >= 0.6 is 27.5 Å². The summed E-state index contributed by atoms with van der Waals surface area (Å²) in [6.07, 6.45) is 1.40. The summed E-state index contributed by atoms with van der Waals surface area (Å²) in [5, 5.41) is 0.548. The Balaban J connectivity index is 1.81. The van der Waals surface area contributed by atoms with Gasteiger partial charge in [-0.25, -0.2) is 0 Å². The molecule has 0 unspecified atom stereocenters. The predicted molar refractivity (Wildman–Crippen MR) is 83.7 cm³/mol. The van der Waals surface area contributed by atoms with Gasteiger partial charge in [0.15, 0.2) is 6.61 Å². The number of hydrogen-bond donors (Lipinski definition) is 2. The fourth-order valence-corrected chi connectivity index (χ4v) is 2.38. The van der Waals surface area contributed by atoms with Crippen molar-refractivity contribution in [2.45, 2.75) is 6.92 Å². The lowest BCUT2D eigenvalue weighted by atomic mass is 10.2. The number of ether oxygens (including phenoxy) is 1. The minimum absolute atomic E-state index is 0.259. The number of hydrogen-bond acceptors (Lipinski definition) is 4. The van der Waals surface area contributed by atoms with Gasteiger partial charge in [0.2, 0.25) is 0 Å². The third-order valence-electron chi connectivity index (χ3n) is 2.67. The van der Waals surface area contributed by atoms with E-state index in [0.29, 0.717) is 26.6 Å². The number of carbonyl (C=O) groups excluding carboxylic acids is 2. The Morgan fingerprint density at radius 1 is 1.32 bits per heavy atom. The Labute approximate surface area is 139 Å². The lowest BCUT2D eigenvalue weighted by molar-refractivity contribution is -0.123. The third kappa shape index (κ3) is 4.25. The normalized spacial score (nSPS) is 10.1. The standard InChI is InChI=1S/C14H12BrClN2O4/c1-8-10(4-5-21-8)14(20)18-17-13(19)7-22-12-3-2-9(16)6-11(12)15/h2-6H,7H2,1H3,(H,17,19)(H,18,20). The van der Waals surface area contributed by atoms with E-state index in [1.807, 2.05) is 0 Å². The van der Waals surface area contributed by atoms with Gasteiger partial charge < -0.3 is 9.15 Å². The summed E-state index contributed by atoms with van der Waals surface area (Å²) in [5.41, 5.74) is 4.88. The number of benzene rings is 1. The molecular formula is C14H12BrClN2O4. The molecular weight excluding hydrogens is 376 g/mol. The smallest absolute Gasteiger partial charge is 0.276 e. The molecule has 1 aromatic carbocycles. The van der Waals surface area contributed by atoms with E-state index in [1.165, 1.54) is 12.3 Å². The van der Waals surface area contributed by atoms with Crippen LogP contribution in [0.5, 0.6) is 5.75 Å². The highest BCUT2D eigenvalue weighted by molar-refractivity contribution is 9.10. The van der Waals surface area contributed by atoms with Crippen LogP contribution in [-0.2, 0) is 4.79 Å². The van der Waals surface area contributed by atoms with Crippen LogP contribution in [0.3, 0.4) is 0 Å². The molecule has 0 spiro atoms. The number of amides is 2. The largest absolute Gasteiger partial charge is 0.483 e. The van der Waals surface area contributed by atoms with E-state index in [0.717, 1.165) is 0 Å². The SMILES string of the molecule is Cc1occc1C(=O)NNC(=O)COc1ccc(Cl)cc1Br. The molecule has 1 aromatic heterocycles. The maximum atomic E-state index is 11.7. The number of halogens is 2. The van der Waals surface area contributed by atoms with Crippen molar-refractivity contribution in [3.05, 3.63) is 51.3 Å². The van der Waals surface area contributed by atoms with Gasteiger partial charge in [0.25, 0.3) is 11.8 Å². The summed E-state index contributed by atoms with van der Waals surface area (Å²) in [6, 6.07) is 6.44. The molecule has 0 fully saturated rings. The Morgan fingerprint density at radius 3 is 2.73 bits per heavy atom. The predicted octanol–water partition coefficient (Wildman–Crippen LogP) is 2.84. The third-order valence-corrected chi connectivity index (χ3v) is 3.53. The highest BCUT2D eigenvalue weighted by atomic mass is 79.9. The minimum Gasteiger partial charge on any atom is -0.483 e. The van der Waals surface area contributed by atoms with Crippen molar-refractivity contribution < 1.29 is 18.7 Å².